The normalized spacial score (nSPS) is 21.4. The van der Waals surface area contributed by atoms with Gasteiger partial charge in [0.15, 0.2) is 0 Å². The van der Waals surface area contributed by atoms with Gasteiger partial charge in [-0.1, -0.05) is 0 Å². The molecule has 0 aliphatic carbocycles. The molecule has 1 fully saturated rings. The molecule has 0 saturated carbocycles. The predicted molar refractivity (Wildman–Crippen MR) is 64.0 cm³/mol. The molecule has 2 heterocycles. The fourth-order valence-electron chi connectivity index (χ4n) is 1.83. The predicted octanol–water partition coefficient (Wildman–Crippen LogP) is 1.68. The third kappa shape index (κ3) is 3.26. The van der Waals surface area contributed by atoms with Gasteiger partial charge in [-0.05, 0) is 26.1 Å². The Balaban J connectivity index is 1.78. The topological polar surface area (TPSA) is 28.4 Å². The standard InChI is InChI=1S/C11H18N2OS/c1-9-3-4-11(14-9)6-13(2)5-10-7-15-8-12-10/h3-4,10,12H,5-8H2,1-2H3. The Bertz CT molecular complexity index is 307. The third-order valence-electron chi connectivity index (χ3n) is 2.55. The molecule has 0 amide bonds. The second kappa shape index (κ2) is 5.05. The van der Waals surface area contributed by atoms with E-state index in [-0.39, 0.29) is 0 Å². The number of hydrogen-bond acceptors (Lipinski definition) is 4. The van der Waals surface area contributed by atoms with Crippen LogP contribution in [0.2, 0.25) is 0 Å². The number of likely N-dealkylation sites (N-methyl/N-ethyl adjacent to an activating group) is 1. The van der Waals surface area contributed by atoms with Gasteiger partial charge in [0.1, 0.15) is 11.5 Å². The minimum Gasteiger partial charge on any atom is -0.465 e. The van der Waals surface area contributed by atoms with Crippen molar-refractivity contribution >= 4 is 11.8 Å². The fourth-order valence-corrected chi connectivity index (χ4v) is 2.81. The maximum absolute atomic E-state index is 5.55. The van der Waals surface area contributed by atoms with Crippen molar-refractivity contribution in [2.24, 2.45) is 0 Å². The van der Waals surface area contributed by atoms with Crippen molar-refractivity contribution in [1.29, 1.82) is 0 Å². The Hall–Kier alpha value is -0.450. The van der Waals surface area contributed by atoms with E-state index < -0.39 is 0 Å². The van der Waals surface area contributed by atoms with E-state index in [0.717, 1.165) is 30.5 Å². The number of hydrogen-bond donors (Lipinski definition) is 1. The zero-order chi connectivity index (χ0) is 10.7. The summed E-state index contributed by atoms with van der Waals surface area (Å²) in [5.41, 5.74) is 0. The highest BCUT2D eigenvalue weighted by atomic mass is 32.2. The molecule has 1 saturated heterocycles. The summed E-state index contributed by atoms with van der Waals surface area (Å²) in [4.78, 5) is 2.31. The van der Waals surface area contributed by atoms with Crippen molar-refractivity contribution in [3.8, 4) is 0 Å². The Labute approximate surface area is 95.2 Å². The van der Waals surface area contributed by atoms with Gasteiger partial charge >= 0.3 is 0 Å². The number of nitrogens with zero attached hydrogens (tertiary/aromatic N) is 1. The molecule has 1 aliphatic rings. The average molecular weight is 226 g/mol. The van der Waals surface area contributed by atoms with E-state index in [9.17, 15) is 0 Å². The van der Waals surface area contributed by atoms with Gasteiger partial charge in [0, 0.05) is 24.2 Å². The number of nitrogens with one attached hydrogen (secondary N) is 1. The smallest absolute Gasteiger partial charge is 0.118 e. The monoisotopic (exact) mass is 226 g/mol. The first kappa shape index (κ1) is 11.0. The van der Waals surface area contributed by atoms with Crippen molar-refractivity contribution in [3.05, 3.63) is 23.7 Å². The molecule has 4 heteroatoms. The molecular formula is C11H18N2OS. The first-order valence-corrected chi connectivity index (χ1v) is 6.44. The zero-order valence-corrected chi connectivity index (χ0v) is 10.1. The number of furan rings is 1. The number of thioether (sulfide) groups is 1. The Kier molecular flexibility index (Phi) is 3.72. The van der Waals surface area contributed by atoms with E-state index in [1.165, 1.54) is 5.75 Å². The van der Waals surface area contributed by atoms with Crippen molar-refractivity contribution in [2.45, 2.75) is 19.5 Å². The van der Waals surface area contributed by atoms with E-state index in [2.05, 4.69) is 23.3 Å². The van der Waals surface area contributed by atoms with Crippen LogP contribution >= 0.6 is 11.8 Å². The van der Waals surface area contributed by atoms with Crippen molar-refractivity contribution in [1.82, 2.24) is 10.2 Å². The van der Waals surface area contributed by atoms with Crippen LogP contribution in [0, 0.1) is 6.92 Å². The molecule has 3 nitrogen and oxygen atoms in total. The molecule has 0 radical (unpaired) electrons. The molecule has 0 bridgehead atoms. The van der Waals surface area contributed by atoms with Crippen LogP contribution in [0.25, 0.3) is 0 Å². The number of rotatable bonds is 4. The summed E-state index contributed by atoms with van der Waals surface area (Å²) in [6.45, 7) is 3.97. The van der Waals surface area contributed by atoms with Gasteiger partial charge in [0.2, 0.25) is 0 Å². The lowest BCUT2D eigenvalue weighted by molar-refractivity contribution is 0.272. The summed E-state index contributed by atoms with van der Waals surface area (Å²) in [7, 11) is 2.14. The van der Waals surface area contributed by atoms with E-state index in [1.807, 2.05) is 24.8 Å². The summed E-state index contributed by atoms with van der Waals surface area (Å²) >= 11 is 1.97. The van der Waals surface area contributed by atoms with Gasteiger partial charge in [0.05, 0.1) is 6.54 Å². The molecule has 1 aromatic heterocycles. The molecule has 1 unspecified atom stereocenters. The quantitative estimate of drug-likeness (QED) is 0.845. The molecule has 1 aliphatic heterocycles. The minimum atomic E-state index is 0.635. The molecule has 1 atom stereocenters. The third-order valence-corrected chi connectivity index (χ3v) is 3.56. The molecular weight excluding hydrogens is 208 g/mol. The van der Waals surface area contributed by atoms with Crippen LogP contribution in [-0.4, -0.2) is 36.2 Å². The Morgan fingerprint density at radius 3 is 3.07 bits per heavy atom. The lowest BCUT2D eigenvalue weighted by Crippen LogP contribution is -2.36. The van der Waals surface area contributed by atoms with Crippen molar-refractivity contribution < 1.29 is 4.42 Å². The lowest BCUT2D eigenvalue weighted by Gasteiger charge is -2.19. The lowest BCUT2D eigenvalue weighted by atomic mass is 10.3. The average Bonchev–Trinajstić information content (AvgIpc) is 2.77. The molecule has 15 heavy (non-hydrogen) atoms. The van der Waals surface area contributed by atoms with E-state index >= 15 is 0 Å². The Morgan fingerprint density at radius 1 is 1.60 bits per heavy atom. The maximum atomic E-state index is 5.55. The molecule has 0 aromatic carbocycles. The van der Waals surface area contributed by atoms with Crippen LogP contribution in [0.1, 0.15) is 11.5 Å². The van der Waals surface area contributed by atoms with E-state index in [1.54, 1.807) is 0 Å². The zero-order valence-electron chi connectivity index (χ0n) is 9.32. The largest absolute Gasteiger partial charge is 0.465 e. The fraction of sp³-hybridized carbons (Fsp3) is 0.636. The van der Waals surface area contributed by atoms with Gasteiger partial charge < -0.3 is 9.73 Å². The summed E-state index contributed by atoms with van der Waals surface area (Å²) in [6, 6.07) is 4.71. The minimum absolute atomic E-state index is 0.635. The second-order valence-electron chi connectivity index (χ2n) is 4.13. The second-order valence-corrected chi connectivity index (χ2v) is 5.16. The SMILES string of the molecule is Cc1ccc(CN(C)CC2CSCN2)o1. The van der Waals surface area contributed by atoms with Gasteiger partial charge in [-0.2, -0.15) is 0 Å². The maximum Gasteiger partial charge on any atom is 0.118 e. The van der Waals surface area contributed by atoms with Crippen LogP contribution in [-0.2, 0) is 6.54 Å². The summed E-state index contributed by atoms with van der Waals surface area (Å²) < 4.78 is 5.55. The molecule has 84 valence electrons. The summed E-state index contributed by atoms with van der Waals surface area (Å²) in [5, 5.41) is 3.47. The van der Waals surface area contributed by atoms with E-state index in [4.69, 9.17) is 4.42 Å². The van der Waals surface area contributed by atoms with Crippen molar-refractivity contribution in [3.63, 3.8) is 0 Å². The van der Waals surface area contributed by atoms with Gasteiger partial charge in [0.25, 0.3) is 0 Å². The van der Waals surface area contributed by atoms with Gasteiger partial charge in [-0.15, -0.1) is 11.8 Å². The number of aryl methyl sites for hydroxylation is 1. The highest BCUT2D eigenvalue weighted by Crippen LogP contribution is 2.12. The van der Waals surface area contributed by atoms with Crippen LogP contribution in [0.15, 0.2) is 16.5 Å². The van der Waals surface area contributed by atoms with Crippen LogP contribution in [0.5, 0.6) is 0 Å². The van der Waals surface area contributed by atoms with Crippen LogP contribution in [0.3, 0.4) is 0 Å². The van der Waals surface area contributed by atoms with Crippen LogP contribution in [0.4, 0.5) is 0 Å². The highest BCUT2D eigenvalue weighted by Gasteiger charge is 2.16. The highest BCUT2D eigenvalue weighted by molar-refractivity contribution is 7.99. The Morgan fingerprint density at radius 2 is 2.47 bits per heavy atom. The first-order chi connectivity index (χ1) is 7.24. The van der Waals surface area contributed by atoms with Crippen LogP contribution < -0.4 is 5.32 Å². The molecule has 0 spiro atoms. The van der Waals surface area contributed by atoms with Gasteiger partial charge in [-0.25, -0.2) is 0 Å². The first-order valence-electron chi connectivity index (χ1n) is 5.29. The summed E-state index contributed by atoms with van der Waals surface area (Å²) in [5.74, 6) is 4.37. The van der Waals surface area contributed by atoms with Crippen molar-refractivity contribution in [2.75, 3.05) is 25.2 Å². The molecule has 1 N–H and O–H groups in total. The molecule has 1 aromatic rings. The molecule has 2 rings (SSSR count). The van der Waals surface area contributed by atoms with E-state index in [0.29, 0.717) is 6.04 Å². The summed E-state index contributed by atoms with van der Waals surface area (Å²) in [6.07, 6.45) is 0. The van der Waals surface area contributed by atoms with Gasteiger partial charge in [-0.3, -0.25) is 4.90 Å².